The van der Waals surface area contributed by atoms with Crippen molar-refractivity contribution in [2.45, 2.75) is 51.0 Å². The fourth-order valence-corrected chi connectivity index (χ4v) is 5.86. The number of halogens is 2. The van der Waals surface area contributed by atoms with Crippen LogP contribution in [0, 0.1) is 0 Å². The molecule has 0 saturated carbocycles. The van der Waals surface area contributed by atoms with E-state index in [-0.39, 0.29) is 18.1 Å². The van der Waals surface area contributed by atoms with Gasteiger partial charge >= 0.3 is 0 Å². The number of fused-ring (bicyclic) bond motifs is 1. The molecule has 5 rings (SSSR count). The van der Waals surface area contributed by atoms with Gasteiger partial charge in [-0.3, -0.25) is 4.79 Å². The maximum Gasteiger partial charge on any atom is 0.253 e. The molecule has 0 bridgehead atoms. The molecule has 2 atom stereocenters. The first-order valence-electron chi connectivity index (χ1n) is 13.6. The molecular formula is C31H35Cl2N3O3. The molecule has 8 heteroatoms. The molecule has 1 fully saturated rings. The number of nitrogens with one attached hydrogen (secondary N) is 1. The summed E-state index contributed by atoms with van der Waals surface area (Å²) in [4.78, 5) is 15.7. The number of nitrogens with zero attached hydrogens (tertiary/aromatic N) is 2. The van der Waals surface area contributed by atoms with E-state index >= 15 is 0 Å². The smallest absolute Gasteiger partial charge is 0.253 e. The summed E-state index contributed by atoms with van der Waals surface area (Å²) in [5.41, 5.74) is 2.55. The summed E-state index contributed by atoms with van der Waals surface area (Å²) in [6.07, 6.45) is 12.3. The van der Waals surface area contributed by atoms with Gasteiger partial charge in [0.2, 0.25) is 0 Å². The van der Waals surface area contributed by atoms with Crippen molar-refractivity contribution >= 4 is 40.0 Å². The topological polar surface area (TPSA) is 55.7 Å². The number of piperidine rings is 1. The van der Waals surface area contributed by atoms with Crippen LogP contribution in [-0.2, 0) is 17.8 Å². The predicted molar refractivity (Wildman–Crippen MR) is 158 cm³/mol. The second kappa shape index (κ2) is 13.1. The van der Waals surface area contributed by atoms with E-state index in [4.69, 9.17) is 32.7 Å². The molecule has 2 aliphatic rings. The van der Waals surface area contributed by atoms with E-state index in [2.05, 4.69) is 20.9 Å². The molecule has 2 unspecified atom stereocenters. The number of ether oxygens (including phenoxy) is 2. The van der Waals surface area contributed by atoms with Gasteiger partial charge in [0.1, 0.15) is 5.75 Å². The average molecular weight is 569 g/mol. The molecule has 6 nitrogen and oxygen atoms in total. The van der Waals surface area contributed by atoms with Crippen LogP contribution in [0.5, 0.6) is 5.75 Å². The van der Waals surface area contributed by atoms with Gasteiger partial charge < -0.3 is 24.3 Å². The molecule has 3 aromatic rings. The fraction of sp³-hybridized carbons (Fsp3) is 0.387. The minimum Gasteiger partial charge on any atom is -0.495 e. The Bertz CT molecular complexity index is 1370. The number of rotatable bonds is 10. The summed E-state index contributed by atoms with van der Waals surface area (Å²) < 4.78 is 14.2. The number of aryl methyl sites for hydroxylation is 1. The first kappa shape index (κ1) is 27.8. The summed E-state index contributed by atoms with van der Waals surface area (Å²) in [7, 11) is 1.67. The summed E-state index contributed by atoms with van der Waals surface area (Å²) in [6.45, 7) is 4.19. The number of likely N-dealkylation sites (tertiary alicyclic amines) is 1. The van der Waals surface area contributed by atoms with E-state index < -0.39 is 0 Å². The zero-order chi connectivity index (χ0) is 27.2. The second-order valence-electron chi connectivity index (χ2n) is 10.2. The molecular weight excluding hydrogens is 533 g/mol. The van der Waals surface area contributed by atoms with Gasteiger partial charge in [0, 0.05) is 41.3 Å². The van der Waals surface area contributed by atoms with Crippen molar-refractivity contribution in [3.63, 3.8) is 0 Å². The lowest BCUT2D eigenvalue weighted by Gasteiger charge is -2.34. The van der Waals surface area contributed by atoms with E-state index in [1.165, 1.54) is 0 Å². The number of hydrogen-bond acceptors (Lipinski definition) is 4. The van der Waals surface area contributed by atoms with Gasteiger partial charge in [-0.1, -0.05) is 59.6 Å². The molecule has 2 heterocycles. The number of methoxy groups -OCH3 is 1. The molecule has 1 aliphatic heterocycles. The van der Waals surface area contributed by atoms with Gasteiger partial charge in [-0.2, -0.15) is 0 Å². The SMILES string of the molecule is COc1cccc2c(C(=O)NCc3cccc(Cl)c3)cn(CCCN3CCCC(OC4C=CC(Cl)=CC4)C3)c12. The van der Waals surface area contributed by atoms with Crippen LogP contribution in [0.15, 0.2) is 71.9 Å². The monoisotopic (exact) mass is 567 g/mol. The van der Waals surface area contributed by atoms with Gasteiger partial charge in [0.25, 0.3) is 5.91 Å². The lowest BCUT2D eigenvalue weighted by atomic mass is 10.1. The molecule has 39 heavy (non-hydrogen) atoms. The number of allylic oxidation sites excluding steroid dienone is 2. The number of para-hydroxylation sites is 1. The Morgan fingerprint density at radius 1 is 1.15 bits per heavy atom. The van der Waals surface area contributed by atoms with Crippen molar-refractivity contribution in [3.05, 3.63) is 88.1 Å². The summed E-state index contributed by atoms with van der Waals surface area (Å²) in [6, 6.07) is 13.4. The quantitative estimate of drug-likeness (QED) is 0.301. The van der Waals surface area contributed by atoms with Crippen molar-refractivity contribution in [1.82, 2.24) is 14.8 Å². The van der Waals surface area contributed by atoms with E-state index in [1.807, 2.05) is 60.8 Å². The number of carbonyl (C=O) groups is 1. The van der Waals surface area contributed by atoms with E-state index in [0.29, 0.717) is 17.1 Å². The molecule has 1 amide bonds. The Kier molecular flexibility index (Phi) is 9.30. The zero-order valence-corrected chi connectivity index (χ0v) is 23.8. The fourth-order valence-electron chi connectivity index (χ4n) is 5.49. The Morgan fingerprint density at radius 3 is 2.82 bits per heavy atom. The molecule has 1 aromatic heterocycles. The number of benzene rings is 2. The highest BCUT2D eigenvalue weighted by atomic mass is 35.5. The minimum absolute atomic E-state index is 0.111. The second-order valence-corrected chi connectivity index (χ2v) is 11.1. The molecule has 0 radical (unpaired) electrons. The highest BCUT2D eigenvalue weighted by molar-refractivity contribution is 6.31. The van der Waals surface area contributed by atoms with Crippen molar-refractivity contribution in [2.75, 3.05) is 26.7 Å². The summed E-state index contributed by atoms with van der Waals surface area (Å²) >= 11 is 12.2. The first-order valence-corrected chi connectivity index (χ1v) is 14.4. The normalized spacial score (nSPS) is 19.7. The Hall–Kier alpha value is -2.77. The average Bonchev–Trinajstić information content (AvgIpc) is 3.32. The van der Waals surface area contributed by atoms with Gasteiger partial charge in [-0.05, 0) is 68.6 Å². The van der Waals surface area contributed by atoms with Crippen LogP contribution in [0.3, 0.4) is 0 Å². The van der Waals surface area contributed by atoms with Gasteiger partial charge in [-0.15, -0.1) is 0 Å². The third-order valence-electron chi connectivity index (χ3n) is 7.39. The molecule has 1 N–H and O–H groups in total. The zero-order valence-electron chi connectivity index (χ0n) is 22.2. The number of amides is 1. The van der Waals surface area contributed by atoms with E-state index in [0.717, 1.165) is 79.1 Å². The Balaban J connectivity index is 1.22. The molecule has 1 saturated heterocycles. The lowest BCUT2D eigenvalue weighted by Crippen LogP contribution is -2.41. The number of hydrogen-bond donors (Lipinski definition) is 1. The van der Waals surface area contributed by atoms with Crippen molar-refractivity contribution in [3.8, 4) is 5.75 Å². The first-order chi connectivity index (χ1) is 19.0. The van der Waals surface area contributed by atoms with Crippen LogP contribution in [0.1, 0.15) is 41.6 Å². The van der Waals surface area contributed by atoms with Gasteiger partial charge in [0.05, 0.1) is 30.4 Å². The van der Waals surface area contributed by atoms with Crippen LogP contribution >= 0.6 is 23.2 Å². The van der Waals surface area contributed by atoms with Crippen molar-refractivity contribution in [1.29, 1.82) is 0 Å². The lowest BCUT2D eigenvalue weighted by molar-refractivity contribution is -0.0285. The van der Waals surface area contributed by atoms with Crippen LogP contribution in [0.2, 0.25) is 5.02 Å². The molecule has 0 spiro atoms. The van der Waals surface area contributed by atoms with Crippen LogP contribution in [0.25, 0.3) is 10.9 Å². The number of carbonyl (C=O) groups excluding carboxylic acids is 1. The van der Waals surface area contributed by atoms with E-state index in [9.17, 15) is 4.79 Å². The highest BCUT2D eigenvalue weighted by Gasteiger charge is 2.23. The van der Waals surface area contributed by atoms with Crippen molar-refractivity contribution < 1.29 is 14.3 Å². The Morgan fingerprint density at radius 2 is 2.03 bits per heavy atom. The largest absolute Gasteiger partial charge is 0.495 e. The summed E-state index contributed by atoms with van der Waals surface area (Å²) in [5.74, 6) is 0.651. The maximum atomic E-state index is 13.2. The highest BCUT2D eigenvalue weighted by Crippen LogP contribution is 2.30. The molecule has 2 aromatic carbocycles. The third kappa shape index (κ3) is 7.06. The molecule has 206 valence electrons. The maximum absolute atomic E-state index is 13.2. The van der Waals surface area contributed by atoms with Crippen LogP contribution < -0.4 is 10.1 Å². The standard InChI is InChI=1S/C31H35Cl2N3O3/c1-38-29-10-3-9-27-28(31(37)34-19-22-6-2-7-24(33)18-22)21-36(30(27)29)17-5-16-35-15-4-8-26(20-35)39-25-13-11-23(32)12-14-25/h2-3,6-7,9-13,18,21,25-26H,4-5,8,14-17,19-20H2,1H3,(H,34,37). The minimum atomic E-state index is -0.115. The predicted octanol–water partition coefficient (Wildman–Crippen LogP) is 6.56. The van der Waals surface area contributed by atoms with Gasteiger partial charge in [0.15, 0.2) is 0 Å². The third-order valence-corrected chi connectivity index (χ3v) is 7.90. The van der Waals surface area contributed by atoms with Crippen molar-refractivity contribution in [2.24, 2.45) is 0 Å². The molecule has 1 aliphatic carbocycles. The number of aromatic nitrogens is 1. The summed E-state index contributed by atoms with van der Waals surface area (Å²) in [5, 5.41) is 5.38. The van der Waals surface area contributed by atoms with Gasteiger partial charge in [-0.25, -0.2) is 0 Å². The Labute approximate surface area is 240 Å². The van der Waals surface area contributed by atoms with Crippen LogP contribution in [0.4, 0.5) is 0 Å². The van der Waals surface area contributed by atoms with Crippen LogP contribution in [-0.4, -0.2) is 54.3 Å². The van der Waals surface area contributed by atoms with E-state index in [1.54, 1.807) is 7.11 Å².